The maximum Gasteiger partial charge on any atom is 0.0459 e. The average Bonchev–Trinajstić information content (AvgIpc) is 2.76. The van der Waals surface area contributed by atoms with Gasteiger partial charge in [-0.1, -0.05) is 55.3 Å². The molecule has 1 aromatic rings. The summed E-state index contributed by atoms with van der Waals surface area (Å²) in [7, 11) is 0. The van der Waals surface area contributed by atoms with Gasteiger partial charge in [-0.25, -0.2) is 0 Å². The summed E-state index contributed by atoms with van der Waals surface area (Å²) >= 11 is 12.4. The van der Waals surface area contributed by atoms with E-state index in [0.29, 0.717) is 11.1 Å². The van der Waals surface area contributed by atoms with Crippen molar-refractivity contribution < 1.29 is 0 Å². The standard InChI is InChI=1S/C15H19Cl2N/c1-11(2)18-10-15(7-3-4-8-15)13-6-5-12(16)9-14(13)17/h3-6,9,11,18H,7-8,10H2,1-2H3. The Labute approximate surface area is 119 Å². The van der Waals surface area contributed by atoms with Crippen molar-refractivity contribution in [2.24, 2.45) is 0 Å². The molecule has 1 aliphatic rings. The minimum atomic E-state index is 0.0892. The predicted octanol–water partition coefficient (Wildman–Crippen LogP) is 4.58. The highest BCUT2D eigenvalue weighted by Crippen LogP contribution is 2.40. The van der Waals surface area contributed by atoms with Gasteiger partial charge in [-0.05, 0) is 30.5 Å². The molecule has 0 aliphatic heterocycles. The number of hydrogen-bond acceptors (Lipinski definition) is 1. The van der Waals surface area contributed by atoms with Gasteiger partial charge in [0.25, 0.3) is 0 Å². The lowest BCUT2D eigenvalue weighted by atomic mass is 9.78. The van der Waals surface area contributed by atoms with E-state index in [-0.39, 0.29) is 5.41 Å². The van der Waals surface area contributed by atoms with Crippen LogP contribution >= 0.6 is 23.2 Å². The van der Waals surface area contributed by atoms with Crippen molar-refractivity contribution in [2.75, 3.05) is 6.54 Å². The highest BCUT2D eigenvalue weighted by Gasteiger charge is 2.34. The van der Waals surface area contributed by atoms with Crippen molar-refractivity contribution in [3.8, 4) is 0 Å². The normalized spacial score (nSPS) is 17.6. The summed E-state index contributed by atoms with van der Waals surface area (Å²) in [4.78, 5) is 0. The first-order chi connectivity index (χ1) is 8.53. The Balaban J connectivity index is 2.29. The molecule has 1 aromatic carbocycles. The molecule has 0 radical (unpaired) electrons. The molecule has 0 fully saturated rings. The second-order valence-electron chi connectivity index (χ2n) is 5.32. The van der Waals surface area contributed by atoms with Gasteiger partial charge in [0, 0.05) is 28.0 Å². The summed E-state index contributed by atoms with van der Waals surface area (Å²) in [5, 5.41) is 5.01. The largest absolute Gasteiger partial charge is 0.314 e. The summed E-state index contributed by atoms with van der Waals surface area (Å²) in [5.74, 6) is 0. The molecule has 0 saturated heterocycles. The van der Waals surface area contributed by atoms with Gasteiger partial charge in [-0.2, -0.15) is 0 Å². The number of rotatable bonds is 4. The van der Waals surface area contributed by atoms with E-state index in [1.54, 1.807) is 0 Å². The Morgan fingerprint density at radius 3 is 2.44 bits per heavy atom. The van der Waals surface area contributed by atoms with Crippen molar-refractivity contribution in [3.63, 3.8) is 0 Å². The first-order valence-corrected chi connectivity index (χ1v) is 7.13. The summed E-state index contributed by atoms with van der Waals surface area (Å²) < 4.78 is 0. The lowest BCUT2D eigenvalue weighted by molar-refractivity contribution is 0.399. The maximum absolute atomic E-state index is 6.37. The molecule has 0 bridgehead atoms. The van der Waals surface area contributed by atoms with Crippen LogP contribution in [0.4, 0.5) is 0 Å². The fraction of sp³-hybridized carbons (Fsp3) is 0.467. The van der Waals surface area contributed by atoms with Crippen LogP contribution in [0, 0.1) is 0 Å². The van der Waals surface area contributed by atoms with Gasteiger partial charge in [0.15, 0.2) is 0 Å². The maximum atomic E-state index is 6.37. The van der Waals surface area contributed by atoms with E-state index >= 15 is 0 Å². The Bertz CT molecular complexity index is 444. The Hall–Kier alpha value is -0.500. The van der Waals surface area contributed by atoms with Crippen LogP contribution in [-0.2, 0) is 5.41 Å². The lowest BCUT2D eigenvalue weighted by Gasteiger charge is -2.32. The molecule has 0 unspecified atom stereocenters. The minimum Gasteiger partial charge on any atom is -0.314 e. The molecule has 0 atom stereocenters. The van der Waals surface area contributed by atoms with Crippen molar-refractivity contribution in [1.29, 1.82) is 0 Å². The predicted molar refractivity (Wildman–Crippen MR) is 79.7 cm³/mol. The van der Waals surface area contributed by atoms with E-state index in [9.17, 15) is 0 Å². The zero-order chi connectivity index (χ0) is 13.2. The zero-order valence-electron chi connectivity index (χ0n) is 10.8. The van der Waals surface area contributed by atoms with E-state index < -0.39 is 0 Å². The van der Waals surface area contributed by atoms with Crippen molar-refractivity contribution in [3.05, 3.63) is 46.0 Å². The van der Waals surface area contributed by atoms with Gasteiger partial charge in [0.1, 0.15) is 0 Å². The van der Waals surface area contributed by atoms with Crippen LogP contribution in [-0.4, -0.2) is 12.6 Å². The van der Waals surface area contributed by atoms with Crippen LogP contribution < -0.4 is 5.32 Å². The van der Waals surface area contributed by atoms with Crippen molar-refractivity contribution in [1.82, 2.24) is 5.32 Å². The number of halogens is 2. The van der Waals surface area contributed by atoms with Gasteiger partial charge in [-0.15, -0.1) is 0 Å². The molecule has 0 spiro atoms. The Morgan fingerprint density at radius 2 is 1.89 bits per heavy atom. The zero-order valence-corrected chi connectivity index (χ0v) is 12.4. The average molecular weight is 284 g/mol. The second-order valence-corrected chi connectivity index (χ2v) is 6.16. The molecule has 2 rings (SSSR count). The second kappa shape index (κ2) is 5.64. The molecular formula is C15H19Cl2N. The van der Waals surface area contributed by atoms with E-state index in [0.717, 1.165) is 24.4 Å². The molecule has 0 amide bonds. The summed E-state index contributed by atoms with van der Waals surface area (Å²) in [6.07, 6.45) is 6.56. The quantitative estimate of drug-likeness (QED) is 0.798. The first-order valence-electron chi connectivity index (χ1n) is 6.37. The van der Waals surface area contributed by atoms with Crippen LogP contribution in [0.3, 0.4) is 0 Å². The molecule has 0 heterocycles. The van der Waals surface area contributed by atoms with Gasteiger partial charge in [-0.3, -0.25) is 0 Å². The third-order valence-corrected chi connectivity index (χ3v) is 4.08. The third-order valence-electron chi connectivity index (χ3n) is 3.54. The van der Waals surface area contributed by atoms with Crippen LogP contribution in [0.2, 0.25) is 10.0 Å². The SMILES string of the molecule is CC(C)NCC1(c2ccc(Cl)cc2Cl)CC=CC1. The number of benzene rings is 1. The Morgan fingerprint density at radius 1 is 1.22 bits per heavy atom. The molecule has 1 nitrogen and oxygen atoms in total. The van der Waals surface area contributed by atoms with E-state index in [2.05, 4.69) is 37.4 Å². The van der Waals surface area contributed by atoms with E-state index in [1.807, 2.05) is 12.1 Å². The van der Waals surface area contributed by atoms with Crippen LogP contribution in [0.25, 0.3) is 0 Å². The van der Waals surface area contributed by atoms with E-state index in [4.69, 9.17) is 23.2 Å². The fourth-order valence-corrected chi connectivity index (χ4v) is 3.09. The van der Waals surface area contributed by atoms with Crippen molar-refractivity contribution in [2.45, 2.75) is 38.1 Å². The smallest absolute Gasteiger partial charge is 0.0459 e. The fourth-order valence-electron chi connectivity index (χ4n) is 2.48. The number of nitrogens with one attached hydrogen (secondary N) is 1. The van der Waals surface area contributed by atoms with Gasteiger partial charge in [0.05, 0.1) is 0 Å². The lowest BCUT2D eigenvalue weighted by Crippen LogP contribution is -2.39. The monoisotopic (exact) mass is 283 g/mol. The topological polar surface area (TPSA) is 12.0 Å². The molecule has 98 valence electrons. The molecule has 3 heteroatoms. The van der Waals surface area contributed by atoms with Gasteiger partial charge in [0.2, 0.25) is 0 Å². The van der Waals surface area contributed by atoms with E-state index in [1.165, 1.54) is 5.56 Å². The first kappa shape index (κ1) is 13.9. The molecule has 18 heavy (non-hydrogen) atoms. The van der Waals surface area contributed by atoms with Gasteiger partial charge >= 0.3 is 0 Å². The molecular weight excluding hydrogens is 265 g/mol. The van der Waals surface area contributed by atoms with Crippen LogP contribution in [0.15, 0.2) is 30.4 Å². The summed E-state index contributed by atoms with van der Waals surface area (Å²) in [6, 6.07) is 6.32. The van der Waals surface area contributed by atoms with Crippen LogP contribution in [0.5, 0.6) is 0 Å². The third kappa shape index (κ3) is 2.90. The molecule has 0 saturated carbocycles. The molecule has 1 N–H and O–H groups in total. The molecule has 0 aromatic heterocycles. The summed E-state index contributed by atoms with van der Waals surface area (Å²) in [5.41, 5.74) is 1.29. The summed E-state index contributed by atoms with van der Waals surface area (Å²) in [6.45, 7) is 5.28. The Kier molecular flexibility index (Phi) is 4.37. The minimum absolute atomic E-state index is 0.0892. The van der Waals surface area contributed by atoms with Gasteiger partial charge < -0.3 is 5.32 Å². The number of hydrogen-bond donors (Lipinski definition) is 1. The highest BCUT2D eigenvalue weighted by molar-refractivity contribution is 6.35. The van der Waals surface area contributed by atoms with Crippen LogP contribution in [0.1, 0.15) is 32.3 Å². The number of allylic oxidation sites excluding steroid dienone is 2. The molecule has 1 aliphatic carbocycles. The highest BCUT2D eigenvalue weighted by atomic mass is 35.5. The van der Waals surface area contributed by atoms with Crippen molar-refractivity contribution >= 4 is 23.2 Å².